The van der Waals surface area contributed by atoms with E-state index in [1.54, 1.807) is 11.3 Å². The zero-order valence-corrected chi connectivity index (χ0v) is 8.57. The highest BCUT2D eigenvalue weighted by atomic mass is 32.2. The first kappa shape index (κ1) is 10.4. The molecule has 3 nitrogen and oxygen atoms in total. The summed E-state index contributed by atoms with van der Waals surface area (Å²) in [5, 5.41) is 10.3. The van der Waals surface area contributed by atoms with E-state index in [0.29, 0.717) is 12.2 Å². The molecule has 1 N–H and O–H groups in total. The van der Waals surface area contributed by atoms with Crippen molar-refractivity contribution in [3.8, 4) is 0 Å². The van der Waals surface area contributed by atoms with Crippen LogP contribution in [-0.2, 0) is 22.0 Å². The Kier molecular flexibility index (Phi) is 4.11. The number of hydrogen-bond acceptors (Lipinski definition) is 3. The summed E-state index contributed by atoms with van der Waals surface area (Å²) in [6, 6.07) is 3.89. The molecule has 1 heterocycles. The third-order valence-electron chi connectivity index (χ3n) is 1.44. The van der Waals surface area contributed by atoms with Gasteiger partial charge in [-0.25, -0.2) is 0 Å². The normalized spacial score (nSPS) is 12.6. The number of hydrogen-bond donors (Lipinski definition) is 1. The van der Waals surface area contributed by atoms with E-state index in [1.807, 2.05) is 17.5 Å². The van der Waals surface area contributed by atoms with Crippen LogP contribution in [0.3, 0.4) is 0 Å². The minimum absolute atomic E-state index is 0.245. The molecule has 72 valence electrons. The number of rotatable bonds is 5. The molecule has 0 aliphatic heterocycles. The maximum absolute atomic E-state index is 11.1. The van der Waals surface area contributed by atoms with Crippen molar-refractivity contribution < 1.29 is 14.1 Å². The van der Waals surface area contributed by atoms with Gasteiger partial charge < -0.3 is 5.11 Å². The van der Waals surface area contributed by atoms with Gasteiger partial charge in [-0.3, -0.25) is 9.00 Å². The van der Waals surface area contributed by atoms with E-state index in [2.05, 4.69) is 0 Å². The van der Waals surface area contributed by atoms with Gasteiger partial charge in [0, 0.05) is 21.4 Å². The molecule has 13 heavy (non-hydrogen) atoms. The number of carbonyl (C=O) groups is 1. The van der Waals surface area contributed by atoms with Crippen LogP contribution in [0, 0.1) is 0 Å². The molecule has 1 aromatic heterocycles. The van der Waals surface area contributed by atoms with Crippen LogP contribution < -0.4 is 0 Å². The fraction of sp³-hybridized carbons (Fsp3) is 0.375. The van der Waals surface area contributed by atoms with E-state index in [1.165, 1.54) is 0 Å². The van der Waals surface area contributed by atoms with Gasteiger partial charge in [0.1, 0.15) is 5.75 Å². The first-order valence-corrected chi connectivity index (χ1v) is 6.14. The minimum Gasteiger partial charge on any atom is -0.481 e. The summed E-state index contributed by atoms with van der Waals surface area (Å²) < 4.78 is 11.1. The molecule has 0 bridgehead atoms. The van der Waals surface area contributed by atoms with E-state index < -0.39 is 16.8 Å². The van der Waals surface area contributed by atoms with Gasteiger partial charge in [-0.05, 0) is 17.9 Å². The molecule has 5 heteroatoms. The van der Waals surface area contributed by atoms with Gasteiger partial charge in [-0.15, -0.1) is 11.3 Å². The van der Waals surface area contributed by atoms with Crippen molar-refractivity contribution in [1.82, 2.24) is 0 Å². The summed E-state index contributed by atoms with van der Waals surface area (Å²) in [7, 11) is -1.23. The van der Waals surface area contributed by atoms with Gasteiger partial charge in [-0.2, -0.15) is 0 Å². The highest BCUT2D eigenvalue weighted by Gasteiger charge is 2.05. The maximum atomic E-state index is 11.1. The van der Waals surface area contributed by atoms with E-state index in [4.69, 9.17) is 5.11 Å². The lowest BCUT2D eigenvalue weighted by Crippen LogP contribution is -2.12. The third kappa shape index (κ3) is 4.19. The summed E-state index contributed by atoms with van der Waals surface area (Å²) in [4.78, 5) is 11.3. The summed E-state index contributed by atoms with van der Waals surface area (Å²) >= 11 is 1.60. The standard InChI is InChI=1S/C8H10O3S2/c9-8(10)6-13(11)5-3-7-2-1-4-12-7/h1-2,4H,3,5-6H2,(H,9,10). The van der Waals surface area contributed by atoms with Crippen molar-refractivity contribution in [3.63, 3.8) is 0 Å². The molecule has 1 atom stereocenters. The lowest BCUT2D eigenvalue weighted by Gasteiger charge is -1.96. The molecule has 1 aromatic rings. The Morgan fingerprint density at radius 2 is 2.38 bits per heavy atom. The van der Waals surface area contributed by atoms with Crippen LogP contribution in [-0.4, -0.2) is 26.8 Å². The Labute approximate surface area is 82.9 Å². The molecule has 0 aromatic carbocycles. The average molecular weight is 218 g/mol. The summed E-state index contributed by atoms with van der Waals surface area (Å²) in [6.07, 6.45) is 0.706. The molecule has 1 rings (SSSR count). The van der Waals surface area contributed by atoms with E-state index in [9.17, 15) is 9.00 Å². The van der Waals surface area contributed by atoms with Crippen LogP contribution in [0.2, 0.25) is 0 Å². The zero-order chi connectivity index (χ0) is 9.68. The molecule has 0 radical (unpaired) electrons. The van der Waals surface area contributed by atoms with Crippen LogP contribution >= 0.6 is 11.3 Å². The molecule has 0 amide bonds. The van der Waals surface area contributed by atoms with Crippen LogP contribution in [0.25, 0.3) is 0 Å². The van der Waals surface area contributed by atoms with Gasteiger partial charge in [0.2, 0.25) is 0 Å². The van der Waals surface area contributed by atoms with Crippen molar-refractivity contribution in [2.24, 2.45) is 0 Å². The van der Waals surface area contributed by atoms with Crippen molar-refractivity contribution >= 4 is 28.1 Å². The zero-order valence-electron chi connectivity index (χ0n) is 6.93. The number of aryl methyl sites for hydroxylation is 1. The van der Waals surface area contributed by atoms with E-state index >= 15 is 0 Å². The molecule has 0 saturated heterocycles. The Morgan fingerprint density at radius 1 is 1.62 bits per heavy atom. The Balaban J connectivity index is 2.27. The minimum atomic E-state index is -1.23. The summed E-state index contributed by atoms with van der Waals surface area (Å²) in [6.45, 7) is 0. The molecule has 0 spiro atoms. The van der Waals surface area contributed by atoms with Crippen LogP contribution in [0.15, 0.2) is 17.5 Å². The molecular formula is C8H10O3S2. The molecule has 0 aliphatic rings. The van der Waals surface area contributed by atoms with Crippen molar-refractivity contribution in [3.05, 3.63) is 22.4 Å². The predicted octanol–water partition coefficient (Wildman–Crippen LogP) is 1.12. The molecule has 0 fully saturated rings. The largest absolute Gasteiger partial charge is 0.481 e. The second-order valence-electron chi connectivity index (χ2n) is 2.51. The average Bonchev–Trinajstić information content (AvgIpc) is 2.51. The van der Waals surface area contributed by atoms with Gasteiger partial charge in [0.15, 0.2) is 0 Å². The summed E-state index contributed by atoms with van der Waals surface area (Å²) in [5.74, 6) is -0.803. The Hall–Kier alpha value is -0.680. The fourth-order valence-corrected chi connectivity index (χ4v) is 2.58. The van der Waals surface area contributed by atoms with Crippen molar-refractivity contribution in [2.75, 3.05) is 11.5 Å². The second-order valence-corrected chi connectivity index (χ2v) is 5.12. The lowest BCUT2D eigenvalue weighted by molar-refractivity contribution is -0.133. The van der Waals surface area contributed by atoms with E-state index in [0.717, 1.165) is 4.88 Å². The molecule has 0 aliphatic carbocycles. The Morgan fingerprint density at radius 3 is 2.92 bits per heavy atom. The molecule has 0 saturated carbocycles. The number of carboxylic acids is 1. The summed E-state index contributed by atoms with van der Waals surface area (Å²) in [5.41, 5.74) is 0. The van der Waals surface area contributed by atoms with Crippen LogP contribution in [0.4, 0.5) is 0 Å². The van der Waals surface area contributed by atoms with Crippen LogP contribution in [0.1, 0.15) is 4.88 Å². The fourth-order valence-electron chi connectivity index (χ4n) is 0.879. The van der Waals surface area contributed by atoms with Gasteiger partial charge in [-0.1, -0.05) is 6.07 Å². The van der Waals surface area contributed by atoms with Gasteiger partial charge >= 0.3 is 5.97 Å². The van der Waals surface area contributed by atoms with E-state index in [-0.39, 0.29) is 5.75 Å². The monoisotopic (exact) mass is 218 g/mol. The topological polar surface area (TPSA) is 54.4 Å². The lowest BCUT2D eigenvalue weighted by atomic mass is 10.4. The number of thiophene rings is 1. The van der Waals surface area contributed by atoms with Crippen molar-refractivity contribution in [2.45, 2.75) is 6.42 Å². The first-order chi connectivity index (χ1) is 6.18. The number of carboxylic acid groups (broad SMARTS) is 1. The smallest absolute Gasteiger partial charge is 0.316 e. The third-order valence-corrected chi connectivity index (χ3v) is 3.61. The van der Waals surface area contributed by atoms with Gasteiger partial charge in [0.05, 0.1) is 0 Å². The highest BCUT2D eigenvalue weighted by molar-refractivity contribution is 7.85. The van der Waals surface area contributed by atoms with Crippen molar-refractivity contribution in [1.29, 1.82) is 0 Å². The molecular weight excluding hydrogens is 208 g/mol. The predicted molar refractivity (Wildman–Crippen MR) is 53.5 cm³/mol. The second kappa shape index (κ2) is 5.14. The molecule has 1 unspecified atom stereocenters. The number of aliphatic carboxylic acids is 1. The van der Waals surface area contributed by atoms with Crippen LogP contribution in [0.5, 0.6) is 0 Å². The first-order valence-electron chi connectivity index (χ1n) is 3.77. The SMILES string of the molecule is O=C(O)CS(=O)CCc1cccs1. The highest BCUT2D eigenvalue weighted by Crippen LogP contribution is 2.09. The van der Waals surface area contributed by atoms with Gasteiger partial charge in [0.25, 0.3) is 0 Å². The Bertz CT molecular complexity index is 292. The maximum Gasteiger partial charge on any atom is 0.316 e. The quantitative estimate of drug-likeness (QED) is 0.806.